The van der Waals surface area contributed by atoms with E-state index in [1.165, 1.54) is 51.4 Å². The minimum absolute atomic E-state index is 0. The third kappa shape index (κ3) is 19.1. The van der Waals surface area contributed by atoms with Gasteiger partial charge in [-0.15, -0.1) is 9.42 Å². The van der Waals surface area contributed by atoms with Crippen LogP contribution in [0.5, 0.6) is 0 Å². The van der Waals surface area contributed by atoms with Gasteiger partial charge in [-0.25, -0.2) is 0 Å². The van der Waals surface area contributed by atoms with Crippen LogP contribution in [0.15, 0.2) is 0 Å². The molecule has 0 aromatic heterocycles. The van der Waals surface area contributed by atoms with E-state index < -0.39 is 8.25 Å². The Balaban J connectivity index is 0. The average Bonchev–Trinajstić information content (AvgIpc) is 2.25. The molecule has 5 heteroatoms. The zero-order chi connectivity index (χ0) is 12.1. The van der Waals surface area contributed by atoms with Gasteiger partial charge in [0.2, 0.25) is 0 Å². The molecule has 0 fully saturated rings. The van der Waals surface area contributed by atoms with Crippen molar-refractivity contribution in [2.75, 3.05) is 6.61 Å². The molecule has 0 saturated carbocycles. The van der Waals surface area contributed by atoms with Gasteiger partial charge in [0.1, 0.15) is 6.61 Å². The van der Waals surface area contributed by atoms with Crippen LogP contribution in [0.1, 0.15) is 71.1 Å². The Morgan fingerprint density at radius 3 is 1.71 bits per heavy atom. The van der Waals surface area contributed by atoms with E-state index >= 15 is 0 Å². The van der Waals surface area contributed by atoms with Crippen LogP contribution >= 0.6 is 8.25 Å². The molecule has 0 aromatic rings. The molecule has 1 unspecified atom stereocenters. The third-order valence-electron chi connectivity index (χ3n) is 2.70. The van der Waals surface area contributed by atoms with Crippen molar-refractivity contribution < 1.29 is 31.3 Å². The summed E-state index contributed by atoms with van der Waals surface area (Å²) in [7, 11) is -2.39. The van der Waals surface area contributed by atoms with Gasteiger partial charge in [-0.05, 0) is 6.42 Å². The summed E-state index contributed by atoms with van der Waals surface area (Å²) in [4.78, 5) is 8.38. The second kappa shape index (κ2) is 16.6. The molecule has 0 aliphatic carbocycles. The summed E-state index contributed by atoms with van der Waals surface area (Å²) < 4.78 is 14.8. The molecule has 17 heavy (non-hydrogen) atoms. The normalized spacial score (nSPS) is 11.1. The Labute approximate surface area is 117 Å². The Hall–Kier alpha value is 0.552. The first kappa shape index (κ1) is 19.9. The van der Waals surface area contributed by atoms with Crippen LogP contribution in [0.4, 0.5) is 0 Å². The first-order valence-corrected chi connectivity index (χ1v) is 7.69. The van der Waals surface area contributed by atoms with E-state index in [9.17, 15) is 4.57 Å². The number of hydrogen-bond donors (Lipinski definition) is 1. The fourth-order valence-electron chi connectivity index (χ4n) is 1.73. The van der Waals surface area contributed by atoms with E-state index in [0.717, 1.165) is 12.8 Å². The molecule has 0 aromatic carbocycles. The van der Waals surface area contributed by atoms with Gasteiger partial charge in [0.15, 0.2) is 0 Å². The second-order valence-corrected chi connectivity index (χ2v) is 4.99. The van der Waals surface area contributed by atoms with Gasteiger partial charge in [0.05, 0.1) is 0 Å². The molecule has 1 atom stereocenters. The fourth-order valence-corrected chi connectivity index (χ4v) is 2.02. The average molecular weight is 301 g/mol. The third-order valence-corrected chi connectivity index (χ3v) is 3.10. The van der Waals surface area contributed by atoms with Crippen molar-refractivity contribution in [3.8, 4) is 0 Å². The Kier molecular flexibility index (Phi) is 19.4. The predicted octanol–water partition coefficient (Wildman–Crippen LogP) is 4.57. The van der Waals surface area contributed by atoms with Crippen molar-refractivity contribution >= 4 is 8.25 Å². The molecule has 1 N–H and O–H groups in total. The molecule has 102 valence electrons. The molecule has 0 heterocycles. The summed E-state index contributed by atoms with van der Waals surface area (Å²) in [5.74, 6) is 0. The van der Waals surface area contributed by atoms with E-state index in [0.29, 0.717) is 6.61 Å². The first-order valence-electron chi connectivity index (χ1n) is 6.56. The molecular weight excluding hydrogens is 275 g/mol. The van der Waals surface area contributed by atoms with Gasteiger partial charge in [0, 0.05) is 21.9 Å². The van der Waals surface area contributed by atoms with Crippen molar-refractivity contribution in [1.29, 1.82) is 0 Å². The molecule has 0 spiro atoms. The SMILES string of the molecule is CCCCCCCCCCCCO[P+](=O)O.[Cr]. The van der Waals surface area contributed by atoms with E-state index in [4.69, 9.17) is 4.89 Å². The van der Waals surface area contributed by atoms with E-state index in [1.54, 1.807) is 0 Å². The quantitative estimate of drug-likeness (QED) is 0.424. The number of hydrogen-bond acceptors (Lipinski definition) is 2. The molecule has 0 amide bonds. The Morgan fingerprint density at radius 1 is 0.882 bits per heavy atom. The minimum atomic E-state index is -2.39. The summed E-state index contributed by atoms with van der Waals surface area (Å²) in [5.41, 5.74) is 0. The van der Waals surface area contributed by atoms with Crippen molar-refractivity contribution in [3.05, 3.63) is 0 Å². The zero-order valence-electron chi connectivity index (χ0n) is 10.9. The van der Waals surface area contributed by atoms with Gasteiger partial charge >= 0.3 is 8.25 Å². The maximum absolute atomic E-state index is 10.2. The molecular formula is C12H26CrO3P+. The summed E-state index contributed by atoms with van der Waals surface area (Å²) in [6.45, 7) is 2.66. The van der Waals surface area contributed by atoms with Crippen molar-refractivity contribution in [3.63, 3.8) is 0 Å². The van der Waals surface area contributed by atoms with Crippen LogP contribution in [0.3, 0.4) is 0 Å². The van der Waals surface area contributed by atoms with E-state index in [-0.39, 0.29) is 17.4 Å². The summed E-state index contributed by atoms with van der Waals surface area (Å²) in [5, 5.41) is 0. The smallest absolute Gasteiger partial charge is 0.133 e. The topological polar surface area (TPSA) is 46.5 Å². The van der Waals surface area contributed by atoms with Crippen LogP contribution in [0, 0.1) is 0 Å². The van der Waals surface area contributed by atoms with Gasteiger partial charge in [0.25, 0.3) is 0 Å². The monoisotopic (exact) mass is 301 g/mol. The summed E-state index contributed by atoms with van der Waals surface area (Å²) in [6, 6.07) is 0. The van der Waals surface area contributed by atoms with Gasteiger partial charge in [-0.1, -0.05) is 64.7 Å². The van der Waals surface area contributed by atoms with Crippen molar-refractivity contribution in [2.24, 2.45) is 0 Å². The van der Waals surface area contributed by atoms with E-state index in [1.807, 2.05) is 0 Å². The maximum atomic E-state index is 10.2. The number of rotatable bonds is 12. The van der Waals surface area contributed by atoms with Crippen molar-refractivity contribution in [2.45, 2.75) is 71.1 Å². The molecule has 0 radical (unpaired) electrons. The summed E-state index contributed by atoms with van der Waals surface area (Å²) >= 11 is 0. The molecule has 0 aliphatic heterocycles. The largest absolute Gasteiger partial charge is 0.694 e. The van der Waals surface area contributed by atoms with Crippen LogP contribution < -0.4 is 0 Å². The van der Waals surface area contributed by atoms with Gasteiger partial charge in [-0.2, -0.15) is 0 Å². The van der Waals surface area contributed by atoms with Crippen LogP contribution in [0.2, 0.25) is 0 Å². The summed E-state index contributed by atoms with van der Waals surface area (Å²) in [6.07, 6.45) is 12.7. The Bertz CT molecular complexity index is 168. The van der Waals surface area contributed by atoms with Crippen LogP contribution in [0.25, 0.3) is 0 Å². The predicted molar refractivity (Wildman–Crippen MR) is 67.6 cm³/mol. The van der Waals surface area contributed by atoms with Gasteiger partial charge < -0.3 is 0 Å². The van der Waals surface area contributed by atoms with Gasteiger partial charge in [-0.3, -0.25) is 0 Å². The molecule has 3 nitrogen and oxygen atoms in total. The van der Waals surface area contributed by atoms with Crippen LogP contribution in [-0.4, -0.2) is 11.5 Å². The minimum Gasteiger partial charge on any atom is -0.133 e. The standard InChI is InChI=1S/C12H25O3P.Cr/c1-2-3-4-5-6-7-8-9-10-11-12-15-16(13)14;/h2-12H2,1H3;/p+1. The Morgan fingerprint density at radius 2 is 1.29 bits per heavy atom. The maximum Gasteiger partial charge on any atom is 0.694 e. The number of unbranched alkanes of at least 4 members (excludes halogenated alkanes) is 9. The molecule has 0 bridgehead atoms. The van der Waals surface area contributed by atoms with Crippen molar-refractivity contribution in [1.82, 2.24) is 0 Å². The van der Waals surface area contributed by atoms with Crippen LogP contribution in [-0.2, 0) is 26.4 Å². The van der Waals surface area contributed by atoms with E-state index in [2.05, 4.69) is 11.4 Å². The zero-order valence-corrected chi connectivity index (χ0v) is 13.1. The first-order chi connectivity index (χ1) is 7.77. The molecule has 0 aliphatic rings. The fraction of sp³-hybridized carbons (Fsp3) is 1.00. The molecule has 0 rings (SSSR count). The second-order valence-electron chi connectivity index (χ2n) is 4.25. The molecule has 0 saturated heterocycles.